The first-order valence-corrected chi connectivity index (χ1v) is 7.50. The summed E-state index contributed by atoms with van der Waals surface area (Å²) in [6.45, 7) is 0.185. The molecule has 3 aromatic rings. The van der Waals surface area contributed by atoms with Crippen molar-refractivity contribution in [3.8, 4) is 5.75 Å². The first-order valence-electron chi connectivity index (χ1n) is 7.09. The molecule has 1 heterocycles. The summed E-state index contributed by atoms with van der Waals surface area (Å²) in [6, 6.07) is 15.0. The van der Waals surface area contributed by atoms with Gasteiger partial charge in [-0.1, -0.05) is 42.5 Å². The molecule has 0 aliphatic rings. The molecule has 0 unspecified atom stereocenters. The van der Waals surface area contributed by atoms with Crippen LogP contribution in [0.2, 0.25) is 0 Å². The van der Waals surface area contributed by atoms with E-state index >= 15 is 0 Å². The van der Waals surface area contributed by atoms with Crippen LogP contribution >= 0.6 is 12.2 Å². The third-order valence-electron chi connectivity index (χ3n) is 3.54. The summed E-state index contributed by atoms with van der Waals surface area (Å²) in [6.07, 6.45) is 1.60. The van der Waals surface area contributed by atoms with E-state index < -0.39 is 5.97 Å². The zero-order valence-corrected chi connectivity index (χ0v) is 13.4. The minimum atomic E-state index is -0.437. The Morgan fingerprint density at radius 1 is 1.13 bits per heavy atom. The van der Waals surface area contributed by atoms with E-state index in [1.54, 1.807) is 13.3 Å². The molecule has 0 saturated carbocycles. The van der Waals surface area contributed by atoms with Crippen molar-refractivity contribution in [2.24, 2.45) is 0 Å². The average molecular weight is 325 g/mol. The quantitative estimate of drug-likeness (QED) is 0.575. The normalized spacial score (nSPS) is 10.5. The van der Waals surface area contributed by atoms with E-state index in [0.29, 0.717) is 10.1 Å². The van der Waals surface area contributed by atoms with Gasteiger partial charge in [-0.2, -0.15) is 0 Å². The Hall–Kier alpha value is -2.66. The number of aromatic nitrogens is 1. The van der Waals surface area contributed by atoms with Crippen LogP contribution in [0.15, 0.2) is 54.7 Å². The van der Waals surface area contributed by atoms with Crippen molar-refractivity contribution < 1.29 is 14.3 Å². The summed E-state index contributed by atoms with van der Waals surface area (Å²) in [4.78, 5) is 15.3. The maximum Gasteiger partial charge on any atom is 0.341 e. The van der Waals surface area contributed by atoms with Crippen LogP contribution < -0.4 is 4.74 Å². The van der Waals surface area contributed by atoms with Gasteiger partial charge in [-0.25, -0.2) is 4.79 Å². The van der Waals surface area contributed by atoms with Gasteiger partial charge in [0.05, 0.1) is 17.2 Å². The highest BCUT2D eigenvalue weighted by Crippen LogP contribution is 2.18. The summed E-state index contributed by atoms with van der Waals surface area (Å²) >= 11 is 5.40. The van der Waals surface area contributed by atoms with Crippen LogP contribution in [0.3, 0.4) is 0 Å². The van der Waals surface area contributed by atoms with E-state index in [2.05, 4.69) is 4.98 Å². The van der Waals surface area contributed by atoms with Crippen LogP contribution in [0, 0.1) is 4.51 Å². The minimum absolute atomic E-state index is 0.185. The molecule has 0 amide bonds. The number of nitrogens with one attached hydrogen (secondary N) is 1. The van der Waals surface area contributed by atoms with Crippen molar-refractivity contribution in [2.45, 2.75) is 6.61 Å². The number of carbonyl (C=O) groups is 1. The Morgan fingerprint density at radius 3 is 2.61 bits per heavy atom. The minimum Gasteiger partial charge on any atom is -0.497 e. The van der Waals surface area contributed by atoms with Gasteiger partial charge in [0.15, 0.2) is 0 Å². The highest BCUT2D eigenvalue weighted by molar-refractivity contribution is 7.71. The van der Waals surface area contributed by atoms with E-state index in [9.17, 15) is 4.79 Å². The van der Waals surface area contributed by atoms with Gasteiger partial charge in [0.1, 0.15) is 12.4 Å². The molecule has 5 heteroatoms. The molecule has 0 fully saturated rings. The smallest absolute Gasteiger partial charge is 0.341 e. The number of fused-ring (bicyclic) bond motifs is 1. The number of carbonyl (C=O) groups excluding carboxylic acids is 1. The van der Waals surface area contributed by atoms with Crippen molar-refractivity contribution in [3.63, 3.8) is 0 Å². The molecule has 0 spiro atoms. The number of ether oxygens (including phenoxy) is 2. The van der Waals surface area contributed by atoms with Crippen LogP contribution in [-0.4, -0.2) is 18.1 Å². The third-order valence-corrected chi connectivity index (χ3v) is 3.98. The first-order chi connectivity index (χ1) is 11.2. The number of hydrogen-bond acceptors (Lipinski definition) is 4. The largest absolute Gasteiger partial charge is 0.497 e. The summed E-state index contributed by atoms with van der Waals surface area (Å²) in [5.74, 6) is 0.324. The van der Waals surface area contributed by atoms with Crippen molar-refractivity contribution in [2.75, 3.05) is 7.11 Å². The fraction of sp³-hybridized carbons (Fsp3) is 0.111. The molecule has 4 nitrogen and oxygen atoms in total. The van der Waals surface area contributed by atoms with Gasteiger partial charge in [-0.15, -0.1) is 0 Å². The van der Waals surface area contributed by atoms with Crippen LogP contribution in [0.25, 0.3) is 10.9 Å². The second kappa shape index (κ2) is 6.62. The van der Waals surface area contributed by atoms with Gasteiger partial charge in [0, 0.05) is 17.1 Å². The molecule has 0 aliphatic heterocycles. The van der Waals surface area contributed by atoms with E-state index in [4.69, 9.17) is 21.7 Å². The number of methoxy groups -OCH3 is 1. The van der Waals surface area contributed by atoms with E-state index in [0.717, 1.165) is 22.2 Å². The number of para-hydroxylation sites is 1. The van der Waals surface area contributed by atoms with Gasteiger partial charge in [-0.05, 0) is 23.8 Å². The number of benzene rings is 2. The lowest BCUT2D eigenvalue weighted by Crippen LogP contribution is -2.07. The highest BCUT2D eigenvalue weighted by Gasteiger charge is 2.12. The lowest BCUT2D eigenvalue weighted by atomic mass is 10.1. The zero-order chi connectivity index (χ0) is 16.2. The van der Waals surface area contributed by atoms with Gasteiger partial charge >= 0.3 is 5.97 Å². The van der Waals surface area contributed by atoms with E-state index in [1.165, 1.54) is 0 Å². The lowest BCUT2D eigenvalue weighted by Gasteiger charge is -2.07. The van der Waals surface area contributed by atoms with Crippen LogP contribution in [0.5, 0.6) is 5.75 Å². The molecule has 1 aromatic heterocycles. The third kappa shape index (κ3) is 3.24. The highest BCUT2D eigenvalue weighted by atomic mass is 32.1. The maximum atomic E-state index is 12.3. The van der Waals surface area contributed by atoms with Crippen molar-refractivity contribution in [3.05, 3.63) is 70.4 Å². The number of esters is 1. The molecule has 1 N–H and O–H groups in total. The zero-order valence-electron chi connectivity index (χ0n) is 12.5. The molecule has 0 radical (unpaired) electrons. The number of pyridine rings is 1. The Morgan fingerprint density at radius 2 is 1.87 bits per heavy atom. The lowest BCUT2D eigenvalue weighted by molar-refractivity contribution is 0.0472. The van der Waals surface area contributed by atoms with Crippen molar-refractivity contribution in [1.29, 1.82) is 0 Å². The predicted octanol–water partition coefficient (Wildman–Crippen LogP) is 4.26. The van der Waals surface area contributed by atoms with Gasteiger partial charge in [0.2, 0.25) is 0 Å². The first kappa shape index (κ1) is 15.2. The summed E-state index contributed by atoms with van der Waals surface area (Å²) in [7, 11) is 1.61. The average Bonchev–Trinajstić information content (AvgIpc) is 2.60. The Kier molecular flexibility index (Phi) is 4.39. The van der Waals surface area contributed by atoms with Crippen molar-refractivity contribution >= 4 is 29.1 Å². The Labute approximate surface area is 138 Å². The SMILES string of the molecule is COc1ccc(COC(=O)c2c[nH]c3ccccc3c2=S)cc1. The summed E-state index contributed by atoms with van der Waals surface area (Å²) in [5.41, 5.74) is 2.14. The van der Waals surface area contributed by atoms with Crippen LogP contribution in [-0.2, 0) is 11.3 Å². The molecule has 2 aromatic carbocycles. The molecule has 116 valence electrons. The molecular formula is C18H15NO3S. The predicted molar refractivity (Wildman–Crippen MR) is 91.2 cm³/mol. The topological polar surface area (TPSA) is 51.3 Å². The molecule has 23 heavy (non-hydrogen) atoms. The molecule has 0 saturated heterocycles. The Bertz CT molecular complexity index is 900. The molecule has 3 rings (SSSR count). The van der Waals surface area contributed by atoms with Crippen molar-refractivity contribution in [1.82, 2.24) is 4.98 Å². The van der Waals surface area contributed by atoms with Gasteiger partial charge in [0.25, 0.3) is 0 Å². The molecule has 0 atom stereocenters. The molecular weight excluding hydrogens is 310 g/mol. The van der Waals surface area contributed by atoms with Gasteiger partial charge in [-0.3, -0.25) is 0 Å². The fourth-order valence-corrected chi connectivity index (χ4v) is 2.59. The number of hydrogen-bond donors (Lipinski definition) is 1. The molecule has 0 aliphatic carbocycles. The fourth-order valence-electron chi connectivity index (χ4n) is 2.27. The van der Waals surface area contributed by atoms with E-state index in [-0.39, 0.29) is 6.61 Å². The monoisotopic (exact) mass is 325 g/mol. The molecule has 0 bridgehead atoms. The van der Waals surface area contributed by atoms with E-state index in [1.807, 2.05) is 48.5 Å². The second-order valence-corrected chi connectivity index (χ2v) is 5.41. The summed E-state index contributed by atoms with van der Waals surface area (Å²) in [5, 5.41) is 0.835. The summed E-state index contributed by atoms with van der Waals surface area (Å²) < 4.78 is 10.9. The number of aromatic amines is 1. The maximum absolute atomic E-state index is 12.3. The standard InChI is InChI=1S/C18H15NO3S/c1-21-13-8-6-12(7-9-13)11-22-18(20)15-10-19-16-5-3-2-4-14(16)17(15)23/h2-10H,11H2,1H3,(H,19,23). The Balaban J connectivity index is 1.78. The number of rotatable bonds is 4. The van der Waals surface area contributed by atoms with Crippen LogP contribution in [0.1, 0.15) is 15.9 Å². The van der Waals surface area contributed by atoms with Gasteiger partial charge < -0.3 is 14.5 Å². The second-order valence-electron chi connectivity index (χ2n) is 5.00. The van der Waals surface area contributed by atoms with Crippen LogP contribution in [0.4, 0.5) is 0 Å². The number of H-pyrrole nitrogens is 1.